The van der Waals surface area contributed by atoms with E-state index in [0.29, 0.717) is 5.41 Å². The van der Waals surface area contributed by atoms with Crippen molar-refractivity contribution in [3.8, 4) is 0 Å². The molecule has 0 radical (unpaired) electrons. The van der Waals surface area contributed by atoms with Crippen LogP contribution in [0, 0.1) is 17.2 Å². The molecule has 2 aliphatic rings. The summed E-state index contributed by atoms with van der Waals surface area (Å²) in [6.07, 6.45) is 29.0. The van der Waals surface area contributed by atoms with Crippen LogP contribution in [0.1, 0.15) is 141 Å². The molecule has 0 bridgehead atoms. The van der Waals surface area contributed by atoms with Crippen LogP contribution in [-0.4, -0.2) is 0 Å². The number of aryl methyl sites for hydroxylation is 2. The van der Waals surface area contributed by atoms with Gasteiger partial charge in [0.05, 0.1) is 0 Å². The molecule has 186 valence electrons. The van der Waals surface area contributed by atoms with Gasteiger partial charge in [-0.1, -0.05) is 89.0 Å². The molecule has 0 saturated heterocycles. The SMILES string of the molecule is CCCCCc1ccc(CCC2=CCC(CCC3(CCCCC)CCCCC3)CC2)cc1F. The second kappa shape index (κ2) is 14.3. The van der Waals surface area contributed by atoms with Gasteiger partial charge in [-0.05, 0) is 106 Å². The highest BCUT2D eigenvalue weighted by atomic mass is 19.1. The van der Waals surface area contributed by atoms with Crippen LogP contribution in [0.5, 0.6) is 0 Å². The number of hydrogen-bond acceptors (Lipinski definition) is 0. The van der Waals surface area contributed by atoms with Gasteiger partial charge in [-0.2, -0.15) is 0 Å². The van der Waals surface area contributed by atoms with Gasteiger partial charge in [-0.25, -0.2) is 4.39 Å². The van der Waals surface area contributed by atoms with E-state index in [1.54, 1.807) is 11.6 Å². The summed E-state index contributed by atoms with van der Waals surface area (Å²) in [7, 11) is 0. The lowest BCUT2D eigenvalue weighted by molar-refractivity contribution is 0.137. The fourth-order valence-corrected chi connectivity index (χ4v) is 6.44. The number of hydrogen-bond donors (Lipinski definition) is 0. The highest BCUT2D eigenvalue weighted by molar-refractivity contribution is 5.25. The van der Waals surface area contributed by atoms with Crippen LogP contribution in [0.2, 0.25) is 0 Å². The van der Waals surface area contributed by atoms with Crippen LogP contribution in [0.15, 0.2) is 29.8 Å². The van der Waals surface area contributed by atoms with Crippen molar-refractivity contribution < 1.29 is 4.39 Å². The molecule has 0 spiro atoms. The van der Waals surface area contributed by atoms with E-state index in [9.17, 15) is 4.39 Å². The minimum absolute atomic E-state index is 0.0110. The highest BCUT2D eigenvalue weighted by Gasteiger charge is 2.32. The van der Waals surface area contributed by atoms with Gasteiger partial charge in [0, 0.05) is 0 Å². The first-order valence-corrected chi connectivity index (χ1v) is 14.6. The van der Waals surface area contributed by atoms with E-state index in [1.165, 1.54) is 108 Å². The Balaban J connectivity index is 1.41. The number of benzene rings is 1. The molecule has 1 atom stereocenters. The molecule has 2 aliphatic carbocycles. The molecule has 1 saturated carbocycles. The van der Waals surface area contributed by atoms with Crippen molar-refractivity contribution in [2.45, 2.75) is 142 Å². The first kappa shape index (κ1) is 26.5. The number of rotatable bonds is 14. The van der Waals surface area contributed by atoms with Crippen molar-refractivity contribution in [1.29, 1.82) is 0 Å². The van der Waals surface area contributed by atoms with Crippen LogP contribution in [0.25, 0.3) is 0 Å². The molecule has 3 rings (SSSR count). The molecule has 1 aromatic carbocycles. The van der Waals surface area contributed by atoms with Crippen LogP contribution in [0.4, 0.5) is 4.39 Å². The normalized spacial score (nSPS) is 20.6. The van der Waals surface area contributed by atoms with Gasteiger partial charge in [0.25, 0.3) is 0 Å². The summed E-state index contributed by atoms with van der Waals surface area (Å²) in [6, 6.07) is 6.00. The average Bonchev–Trinajstić information content (AvgIpc) is 2.84. The molecule has 1 unspecified atom stereocenters. The van der Waals surface area contributed by atoms with Gasteiger partial charge in [-0.15, -0.1) is 0 Å². The van der Waals surface area contributed by atoms with Crippen LogP contribution in [0.3, 0.4) is 0 Å². The molecule has 0 N–H and O–H groups in total. The Morgan fingerprint density at radius 3 is 2.36 bits per heavy atom. The second-order valence-electron chi connectivity index (χ2n) is 11.4. The molecule has 1 heteroatoms. The van der Waals surface area contributed by atoms with Crippen molar-refractivity contribution in [1.82, 2.24) is 0 Å². The van der Waals surface area contributed by atoms with Crippen molar-refractivity contribution in [2.75, 3.05) is 0 Å². The summed E-state index contributed by atoms with van der Waals surface area (Å²) in [5, 5.41) is 0. The van der Waals surface area contributed by atoms with Gasteiger partial charge in [-0.3, -0.25) is 0 Å². The van der Waals surface area contributed by atoms with E-state index in [0.717, 1.165) is 37.2 Å². The lowest BCUT2D eigenvalue weighted by Gasteiger charge is -2.39. The van der Waals surface area contributed by atoms with Gasteiger partial charge >= 0.3 is 0 Å². The predicted molar refractivity (Wildman–Crippen MR) is 142 cm³/mol. The highest BCUT2D eigenvalue weighted by Crippen LogP contribution is 2.46. The summed E-state index contributed by atoms with van der Waals surface area (Å²) >= 11 is 0. The molecule has 0 aliphatic heterocycles. The van der Waals surface area contributed by atoms with Crippen molar-refractivity contribution in [3.63, 3.8) is 0 Å². The van der Waals surface area contributed by atoms with E-state index < -0.39 is 0 Å². The maximum absolute atomic E-state index is 14.4. The third-order valence-electron chi connectivity index (χ3n) is 8.82. The molecule has 0 aromatic heterocycles. The van der Waals surface area contributed by atoms with E-state index in [-0.39, 0.29) is 5.82 Å². The Morgan fingerprint density at radius 1 is 0.879 bits per heavy atom. The largest absolute Gasteiger partial charge is 0.207 e. The smallest absolute Gasteiger partial charge is 0.126 e. The third-order valence-corrected chi connectivity index (χ3v) is 8.82. The minimum Gasteiger partial charge on any atom is -0.207 e. The molecular weight excluding hydrogens is 403 g/mol. The lowest BCUT2D eigenvalue weighted by Crippen LogP contribution is -2.25. The van der Waals surface area contributed by atoms with E-state index >= 15 is 0 Å². The Kier molecular flexibility index (Phi) is 11.5. The number of unbranched alkanes of at least 4 members (excludes halogenated alkanes) is 4. The van der Waals surface area contributed by atoms with Gasteiger partial charge in [0.1, 0.15) is 5.82 Å². The Labute approximate surface area is 204 Å². The van der Waals surface area contributed by atoms with Gasteiger partial charge in [0.2, 0.25) is 0 Å². The van der Waals surface area contributed by atoms with E-state index in [2.05, 4.69) is 26.0 Å². The molecule has 0 nitrogen and oxygen atoms in total. The predicted octanol–water partition coefficient (Wildman–Crippen LogP) is 10.5. The van der Waals surface area contributed by atoms with Crippen LogP contribution in [-0.2, 0) is 12.8 Å². The zero-order valence-corrected chi connectivity index (χ0v) is 21.9. The minimum atomic E-state index is 0.0110. The van der Waals surface area contributed by atoms with Gasteiger partial charge < -0.3 is 0 Å². The summed E-state index contributed by atoms with van der Waals surface area (Å²) in [5.41, 5.74) is 4.37. The molecule has 0 amide bonds. The standard InChI is InChI=1S/C32H51F/c1-3-5-8-12-30-20-19-29(26-31(30)33)18-17-27-13-15-28(16-14-27)21-25-32(22-9-6-4-2)23-10-7-11-24-32/h13,19-20,26,28H,3-12,14-18,21-25H2,1-2H3. The average molecular weight is 455 g/mol. The van der Waals surface area contributed by atoms with Crippen molar-refractivity contribution >= 4 is 0 Å². The maximum Gasteiger partial charge on any atom is 0.126 e. The first-order valence-electron chi connectivity index (χ1n) is 14.6. The van der Waals surface area contributed by atoms with E-state index in [4.69, 9.17) is 0 Å². The molecule has 1 aromatic rings. The molecular formula is C32H51F. The number of allylic oxidation sites excluding steroid dienone is 2. The zero-order chi connectivity index (χ0) is 23.4. The summed E-state index contributed by atoms with van der Waals surface area (Å²) in [5.74, 6) is 0.912. The fourth-order valence-electron chi connectivity index (χ4n) is 6.44. The summed E-state index contributed by atoms with van der Waals surface area (Å²) < 4.78 is 14.4. The number of halogens is 1. The first-order chi connectivity index (χ1) is 16.1. The topological polar surface area (TPSA) is 0 Å². The Bertz CT molecular complexity index is 709. The fraction of sp³-hybridized carbons (Fsp3) is 0.750. The zero-order valence-electron chi connectivity index (χ0n) is 21.9. The molecule has 33 heavy (non-hydrogen) atoms. The van der Waals surface area contributed by atoms with Crippen molar-refractivity contribution in [3.05, 3.63) is 46.8 Å². The maximum atomic E-state index is 14.4. The quantitative estimate of drug-likeness (QED) is 0.194. The summed E-state index contributed by atoms with van der Waals surface area (Å²) in [4.78, 5) is 0. The lowest BCUT2D eigenvalue weighted by atomic mass is 9.67. The molecule has 1 fully saturated rings. The molecule has 0 heterocycles. The Morgan fingerprint density at radius 2 is 1.67 bits per heavy atom. The van der Waals surface area contributed by atoms with Gasteiger partial charge in [0.15, 0.2) is 0 Å². The van der Waals surface area contributed by atoms with Crippen molar-refractivity contribution in [2.24, 2.45) is 11.3 Å². The third kappa shape index (κ3) is 8.88. The van der Waals surface area contributed by atoms with E-state index in [1.807, 2.05) is 6.07 Å². The van der Waals surface area contributed by atoms with Crippen LogP contribution >= 0.6 is 0 Å². The summed E-state index contributed by atoms with van der Waals surface area (Å²) in [6.45, 7) is 4.53. The van der Waals surface area contributed by atoms with Crippen LogP contribution < -0.4 is 0 Å². The second-order valence-corrected chi connectivity index (χ2v) is 11.4. The Hall–Kier alpha value is -1.11. The monoisotopic (exact) mass is 454 g/mol.